The predicted molar refractivity (Wildman–Crippen MR) is 148 cm³/mol. The second kappa shape index (κ2) is 10.8. The van der Waals surface area contributed by atoms with Gasteiger partial charge in [0.2, 0.25) is 10.0 Å². The number of halogens is 1. The predicted octanol–water partition coefficient (Wildman–Crippen LogP) is 2.82. The average Bonchev–Trinajstić information content (AvgIpc) is 3.49. The van der Waals surface area contributed by atoms with E-state index in [9.17, 15) is 12.8 Å². The summed E-state index contributed by atoms with van der Waals surface area (Å²) in [4.78, 5) is 11.0. The lowest BCUT2D eigenvalue weighted by molar-refractivity contribution is 0.304. The lowest BCUT2D eigenvalue weighted by Crippen LogP contribution is -2.27. The second-order valence-electron chi connectivity index (χ2n) is 8.97. The molecule has 12 nitrogen and oxygen atoms in total. The Morgan fingerprint density at radius 2 is 2.00 bits per heavy atom. The highest BCUT2D eigenvalue weighted by atomic mass is 32.2. The van der Waals surface area contributed by atoms with Crippen molar-refractivity contribution in [2.24, 2.45) is 0 Å². The van der Waals surface area contributed by atoms with Gasteiger partial charge < -0.3 is 15.0 Å². The maximum absolute atomic E-state index is 12.7. The van der Waals surface area contributed by atoms with E-state index in [1.54, 1.807) is 52.1 Å². The molecule has 0 atom stereocenters. The Morgan fingerprint density at radius 3 is 2.77 bits per heavy atom. The zero-order valence-corrected chi connectivity index (χ0v) is 22.5. The summed E-state index contributed by atoms with van der Waals surface area (Å²) in [7, 11) is -0.108. The Balaban J connectivity index is 1.61. The van der Waals surface area contributed by atoms with Gasteiger partial charge in [-0.05, 0) is 31.3 Å². The van der Waals surface area contributed by atoms with E-state index in [2.05, 4.69) is 25.1 Å². The number of nitrogens with one attached hydrogen (secondary N) is 2. The van der Waals surface area contributed by atoms with E-state index in [0.29, 0.717) is 53.9 Å². The summed E-state index contributed by atoms with van der Waals surface area (Å²) >= 11 is 0. The molecule has 5 rings (SSSR count). The van der Waals surface area contributed by atoms with Crippen LogP contribution in [0.25, 0.3) is 33.5 Å². The van der Waals surface area contributed by atoms with Crippen LogP contribution < -0.4 is 14.8 Å². The number of benzene rings is 1. The molecule has 4 heterocycles. The highest BCUT2D eigenvalue weighted by Crippen LogP contribution is 2.34. The molecule has 0 aliphatic heterocycles. The third-order valence-corrected chi connectivity index (χ3v) is 6.69. The zero-order valence-electron chi connectivity index (χ0n) is 21.7. The number of fused-ring (bicyclic) bond motifs is 2. The van der Waals surface area contributed by atoms with Crippen LogP contribution in [0.3, 0.4) is 0 Å². The number of ether oxygens (including phenoxy) is 1. The van der Waals surface area contributed by atoms with Crippen molar-refractivity contribution in [3.8, 4) is 22.7 Å². The zero-order chi connectivity index (χ0) is 27.6. The summed E-state index contributed by atoms with van der Waals surface area (Å²) in [6.45, 7) is 1.09. The number of pyridine rings is 1. The molecule has 0 aliphatic carbocycles. The number of hydrogen-bond acceptors (Lipinski definition) is 9. The van der Waals surface area contributed by atoms with Crippen LogP contribution in [-0.2, 0) is 10.0 Å². The first-order valence-electron chi connectivity index (χ1n) is 12.1. The SMILES string of the molecule is COc1cc(NS(C)(=O)=O)ccc1-n1nc(NCCN(C)CCF)c2cnc(-c3cnn4cccnc34)cc21. The van der Waals surface area contributed by atoms with Crippen molar-refractivity contribution in [2.75, 3.05) is 56.8 Å². The summed E-state index contributed by atoms with van der Waals surface area (Å²) in [5, 5.41) is 13.3. The number of rotatable bonds is 11. The number of sulfonamides is 1. The molecule has 0 unspecified atom stereocenters. The Morgan fingerprint density at radius 1 is 1.15 bits per heavy atom. The fourth-order valence-corrected chi connectivity index (χ4v) is 4.79. The molecule has 4 aromatic heterocycles. The van der Waals surface area contributed by atoms with Crippen molar-refractivity contribution in [3.05, 3.63) is 55.1 Å². The van der Waals surface area contributed by atoms with Crippen LogP contribution in [0.15, 0.2) is 55.1 Å². The Labute approximate surface area is 224 Å². The first-order chi connectivity index (χ1) is 18.8. The summed E-state index contributed by atoms with van der Waals surface area (Å²) in [6.07, 6.45) is 8.04. The monoisotopic (exact) mass is 553 g/mol. The maximum atomic E-state index is 12.7. The summed E-state index contributed by atoms with van der Waals surface area (Å²) in [6, 6.07) is 8.67. The molecule has 14 heteroatoms. The number of anilines is 2. The van der Waals surface area contributed by atoms with Gasteiger partial charge in [-0.1, -0.05) is 0 Å². The Hall–Kier alpha value is -4.30. The molecule has 2 N–H and O–H groups in total. The van der Waals surface area contributed by atoms with Gasteiger partial charge in [0.25, 0.3) is 0 Å². The van der Waals surface area contributed by atoms with Crippen molar-refractivity contribution in [1.82, 2.24) is 34.3 Å². The number of methoxy groups -OCH3 is 1. The first kappa shape index (κ1) is 26.3. The molecule has 0 radical (unpaired) electrons. The molecule has 0 fully saturated rings. The van der Waals surface area contributed by atoms with E-state index >= 15 is 0 Å². The number of aromatic nitrogens is 6. The number of likely N-dealkylation sites (N-methyl/N-ethyl adjacent to an activating group) is 1. The van der Waals surface area contributed by atoms with Crippen LogP contribution in [0.2, 0.25) is 0 Å². The van der Waals surface area contributed by atoms with Crippen LogP contribution in [0.4, 0.5) is 15.9 Å². The number of alkyl halides is 1. The molecule has 0 saturated carbocycles. The maximum Gasteiger partial charge on any atom is 0.229 e. The van der Waals surface area contributed by atoms with Crippen LogP contribution in [-0.4, -0.2) is 89.4 Å². The standard InChI is InChI=1S/C25H28FN9O3S/c1-33(11-7-26)12-9-27-24-19-15-29-20(18-16-30-34-10-4-8-28-25(18)34)14-22(19)35(31-24)21-6-5-17(13-23(21)38-2)32-39(3,36)37/h4-6,8,10,13-16,32H,7,9,11-12H2,1-3H3,(H,27,31). The smallest absolute Gasteiger partial charge is 0.229 e. The van der Waals surface area contributed by atoms with Crippen LogP contribution in [0, 0.1) is 0 Å². The topological polar surface area (TPSA) is 132 Å². The van der Waals surface area contributed by atoms with Gasteiger partial charge in [0.05, 0.1) is 47.4 Å². The van der Waals surface area contributed by atoms with E-state index in [-0.39, 0.29) is 0 Å². The van der Waals surface area contributed by atoms with Gasteiger partial charge in [0.15, 0.2) is 11.5 Å². The lowest BCUT2D eigenvalue weighted by atomic mass is 10.2. The quantitative estimate of drug-likeness (QED) is 0.253. The van der Waals surface area contributed by atoms with E-state index < -0.39 is 16.7 Å². The highest BCUT2D eigenvalue weighted by molar-refractivity contribution is 7.92. The molecule has 0 aliphatic rings. The van der Waals surface area contributed by atoms with Gasteiger partial charge in [-0.25, -0.2) is 27.0 Å². The number of nitrogens with zero attached hydrogens (tertiary/aromatic N) is 7. The Kier molecular flexibility index (Phi) is 7.30. The minimum atomic E-state index is -3.47. The summed E-state index contributed by atoms with van der Waals surface area (Å²) in [5.41, 5.74) is 3.77. The molecular formula is C25H28FN9O3S. The summed E-state index contributed by atoms with van der Waals surface area (Å²) < 4.78 is 47.7. The minimum Gasteiger partial charge on any atom is -0.494 e. The largest absolute Gasteiger partial charge is 0.494 e. The molecule has 0 spiro atoms. The van der Waals surface area contributed by atoms with E-state index in [4.69, 9.17) is 9.84 Å². The first-order valence-corrected chi connectivity index (χ1v) is 14.0. The fraction of sp³-hybridized carbons (Fsp3) is 0.280. The summed E-state index contributed by atoms with van der Waals surface area (Å²) in [5.74, 6) is 1.01. The molecule has 0 bridgehead atoms. The van der Waals surface area contributed by atoms with E-state index in [1.807, 2.05) is 24.2 Å². The molecule has 39 heavy (non-hydrogen) atoms. The van der Waals surface area contributed by atoms with Crippen molar-refractivity contribution in [3.63, 3.8) is 0 Å². The average molecular weight is 554 g/mol. The van der Waals surface area contributed by atoms with Gasteiger partial charge in [-0.3, -0.25) is 9.71 Å². The van der Waals surface area contributed by atoms with E-state index in [1.165, 1.54) is 7.11 Å². The van der Waals surface area contributed by atoms with Crippen LogP contribution in [0.1, 0.15) is 0 Å². The molecular weight excluding hydrogens is 525 g/mol. The lowest BCUT2D eigenvalue weighted by Gasteiger charge is -2.14. The normalized spacial score (nSPS) is 11.9. The van der Waals surface area contributed by atoms with Gasteiger partial charge >= 0.3 is 0 Å². The highest BCUT2D eigenvalue weighted by Gasteiger charge is 2.19. The van der Waals surface area contributed by atoms with Gasteiger partial charge in [0, 0.05) is 44.3 Å². The van der Waals surface area contributed by atoms with Crippen molar-refractivity contribution in [1.29, 1.82) is 0 Å². The minimum absolute atomic E-state index is 0.348. The molecule has 0 saturated heterocycles. The molecule has 204 valence electrons. The van der Waals surface area contributed by atoms with Gasteiger partial charge in [-0.15, -0.1) is 5.10 Å². The van der Waals surface area contributed by atoms with E-state index in [0.717, 1.165) is 22.7 Å². The third kappa shape index (κ3) is 5.61. The van der Waals surface area contributed by atoms with Gasteiger partial charge in [-0.2, -0.15) is 5.10 Å². The molecule has 0 amide bonds. The molecule has 5 aromatic rings. The fourth-order valence-electron chi connectivity index (χ4n) is 4.23. The van der Waals surface area contributed by atoms with Gasteiger partial charge in [0.1, 0.15) is 18.1 Å². The second-order valence-corrected chi connectivity index (χ2v) is 10.7. The Bertz CT molecular complexity index is 1740. The van der Waals surface area contributed by atoms with Crippen molar-refractivity contribution in [2.45, 2.75) is 0 Å². The number of hydrogen-bond donors (Lipinski definition) is 2. The third-order valence-electron chi connectivity index (χ3n) is 6.08. The van der Waals surface area contributed by atoms with Crippen LogP contribution >= 0.6 is 0 Å². The molecule has 1 aromatic carbocycles. The van der Waals surface area contributed by atoms with Crippen molar-refractivity contribution >= 4 is 38.1 Å². The van der Waals surface area contributed by atoms with Crippen molar-refractivity contribution < 1.29 is 17.5 Å². The van der Waals surface area contributed by atoms with Crippen LogP contribution in [0.5, 0.6) is 5.75 Å².